The Morgan fingerprint density at radius 2 is 0.520 bits per heavy atom. The summed E-state index contributed by atoms with van der Waals surface area (Å²) in [5.41, 5.74) is 0. The van der Waals surface area contributed by atoms with Crippen LogP contribution >= 0.6 is 0 Å². The number of unbranched alkanes of at least 4 members (excludes halogenated alkanes) is 21. The number of carbonyl (C=O) groups excluding carboxylic acids is 3. The summed E-state index contributed by atoms with van der Waals surface area (Å²) in [4.78, 5) is 38.3. The molecular formula is C69H112O6. The van der Waals surface area contributed by atoms with E-state index >= 15 is 0 Å². The number of carbonyl (C=O) groups is 3. The molecular weight excluding hydrogens is 925 g/mol. The third kappa shape index (κ3) is 60.3. The van der Waals surface area contributed by atoms with Crippen LogP contribution in [0.15, 0.2) is 134 Å². The molecule has 0 aliphatic heterocycles. The average molecular weight is 1040 g/mol. The molecule has 0 aliphatic carbocycles. The van der Waals surface area contributed by atoms with Crippen molar-refractivity contribution in [2.24, 2.45) is 0 Å². The molecule has 424 valence electrons. The lowest BCUT2D eigenvalue weighted by Gasteiger charge is -2.18. The number of ether oxygens (including phenoxy) is 3. The van der Waals surface area contributed by atoms with E-state index in [0.29, 0.717) is 19.3 Å². The van der Waals surface area contributed by atoms with Gasteiger partial charge in [0.15, 0.2) is 6.10 Å². The van der Waals surface area contributed by atoms with E-state index in [-0.39, 0.29) is 31.1 Å². The number of hydrogen-bond acceptors (Lipinski definition) is 6. The van der Waals surface area contributed by atoms with Gasteiger partial charge in [-0.25, -0.2) is 0 Å². The summed E-state index contributed by atoms with van der Waals surface area (Å²) in [6, 6.07) is 0. The largest absolute Gasteiger partial charge is 0.462 e. The molecule has 0 bridgehead atoms. The first-order valence-corrected chi connectivity index (χ1v) is 30.7. The monoisotopic (exact) mass is 1040 g/mol. The lowest BCUT2D eigenvalue weighted by molar-refractivity contribution is -0.167. The van der Waals surface area contributed by atoms with Gasteiger partial charge < -0.3 is 14.2 Å². The Kier molecular flexibility index (Phi) is 58.4. The van der Waals surface area contributed by atoms with E-state index in [9.17, 15) is 14.4 Å². The molecule has 0 heterocycles. The topological polar surface area (TPSA) is 78.9 Å². The Morgan fingerprint density at radius 1 is 0.280 bits per heavy atom. The van der Waals surface area contributed by atoms with Crippen LogP contribution in [0.3, 0.4) is 0 Å². The molecule has 0 spiro atoms. The zero-order valence-corrected chi connectivity index (χ0v) is 48.5. The minimum atomic E-state index is -0.806. The van der Waals surface area contributed by atoms with E-state index in [2.05, 4.69) is 154 Å². The lowest BCUT2D eigenvalue weighted by Crippen LogP contribution is -2.30. The Hall–Kier alpha value is -4.45. The molecule has 0 saturated heterocycles. The van der Waals surface area contributed by atoms with E-state index in [0.717, 1.165) is 148 Å². The molecule has 0 aromatic heterocycles. The summed E-state index contributed by atoms with van der Waals surface area (Å²) in [7, 11) is 0. The zero-order valence-electron chi connectivity index (χ0n) is 48.5. The summed E-state index contributed by atoms with van der Waals surface area (Å²) in [5, 5.41) is 0. The van der Waals surface area contributed by atoms with E-state index in [1.807, 2.05) is 0 Å². The summed E-state index contributed by atoms with van der Waals surface area (Å²) >= 11 is 0. The molecule has 0 aromatic rings. The van der Waals surface area contributed by atoms with Gasteiger partial charge >= 0.3 is 17.9 Å². The van der Waals surface area contributed by atoms with Gasteiger partial charge in [0.2, 0.25) is 0 Å². The summed E-state index contributed by atoms with van der Waals surface area (Å²) in [6.45, 7) is 6.36. The molecule has 0 radical (unpaired) electrons. The third-order valence-electron chi connectivity index (χ3n) is 12.6. The fourth-order valence-corrected chi connectivity index (χ4v) is 8.08. The van der Waals surface area contributed by atoms with Crippen LogP contribution in [0.5, 0.6) is 0 Å². The Labute approximate surface area is 462 Å². The van der Waals surface area contributed by atoms with Crippen LogP contribution in [0.1, 0.15) is 265 Å². The highest BCUT2D eigenvalue weighted by Crippen LogP contribution is 2.14. The van der Waals surface area contributed by atoms with Crippen molar-refractivity contribution < 1.29 is 28.6 Å². The number of allylic oxidation sites excluding steroid dienone is 22. The second-order valence-corrected chi connectivity index (χ2v) is 19.8. The van der Waals surface area contributed by atoms with Crippen molar-refractivity contribution in [3.8, 4) is 0 Å². The molecule has 0 amide bonds. The van der Waals surface area contributed by atoms with Gasteiger partial charge in [0.25, 0.3) is 0 Å². The molecule has 0 aromatic carbocycles. The molecule has 1 atom stereocenters. The molecule has 75 heavy (non-hydrogen) atoms. The van der Waals surface area contributed by atoms with Crippen molar-refractivity contribution >= 4 is 17.9 Å². The van der Waals surface area contributed by atoms with Gasteiger partial charge in [-0.1, -0.05) is 244 Å². The number of rotatable bonds is 54. The fraction of sp³-hybridized carbons (Fsp3) is 0.638. The maximum atomic E-state index is 12.9. The van der Waals surface area contributed by atoms with E-state index in [1.165, 1.54) is 77.0 Å². The second kappa shape index (κ2) is 62.1. The van der Waals surface area contributed by atoms with Crippen molar-refractivity contribution in [3.05, 3.63) is 134 Å². The van der Waals surface area contributed by atoms with Gasteiger partial charge in [0, 0.05) is 19.3 Å². The van der Waals surface area contributed by atoms with Crippen molar-refractivity contribution in [3.63, 3.8) is 0 Å². The van der Waals surface area contributed by atoms with Crippen LogP contribution in [0.25, 0.3) is 0 Å². The molecule has 0 saturated carbocycles. The Balaban J connectivity index is 4.46. The van der Waals surface area contributed by atoms with Gasteiger partial charge in [-0.15, -0.1) is 0 Å². The van der Waals surface area contributed by atoms with Gasteiger partial charge in [0.05, 0.1) is 0 Å². The average Bonchev–Trinajstić information content (AvgIpc) is 3.41. The number of hydrogen-bond donors (Lipinski definition) is 0. The fourth-order valence-electron chi connectivity index (χ4n) is 8.08. The lowest BCUT2D eigenvalue weighted by atomic mass is 10.1. The van der Waals surface area contributed by atoms with Gasteiger partial charge in [0.1, 0.15) is 13.2 Å². The Bertz CT molecular complexity index is 1620. The molecule has 1 unspecified atom stereocenters. The van der Waals surface area contributed by atoms with E-state index in [4.69, 9.17) is 14.2 Å². The Morgan fingerprint density at radius 3 is 0.813 bits per heavy atom. The van der Waals surface area contributed by atoms with Crippen molar-refractivity contribution in [2.45, 2.75) is 271 Å². The van der Waals surface area contributed by atoms with Crippen molar-refractivity contribution in [1.29, 1.82) is 0 Å². The first kappa shape index (κ1) is 70.5. The highest BCUT2D eigenvalue weighted by atomic mass is 16.6. The highest BCUT2D eigenvalue weighted by molar-refractivity contribution is 5.71. The van der Waals surface area contributed by atoms with Gasteiger partial charge in [-0.2, -0.15) is 0 Å². The molecule has 0 aliphatic rings. The van der Waals surface area contributed by atoms with E-state index in [1.54, 1.807) is 0 Å². The van der Waals surface area contributed by atoms with Crippen LogP contribution in [0, 0.1) is 0 Å². The third-order valence-corrected chi connectivity index (χ3v) is 12.6. The van der Waals surface area contributed by atoms with Gasteiger partial charge in [-0.05, 0) is 135 Å². The normalized spacial score (nSPS) is 13.1. The molecule has 0 fully saturated rings. The molecule has 0 N–H and O–H groups in total. The highest BCUT2D eigenvalue weighted by Gasteiger charge is 2.19. The van der Waals surface area contributed by atoms with Gasteiger partial charge in [-0.3, -0.25) is 14.4 Å². The first-order valence-electron chi connectivity index (χ1n) is 30.7. The quantitative estimate of drug-likeness (QED) is 0.0261. The summed E-state index contributed by atoms with van der Waals surface area (Å²) < 4.78 is 16.9. The summed E-state index contributed by atoms with van der Waals surface area (Å²) in [6.07, 6.45) is 87.2. The SMILES string of the molecule is CC/C=C\C/C=C\C/C=C\C/C=C\C/C=C\CCCCCCCCCC(=O)OCC(COC(=O)CCCCCCCCC/C=C\C/C=C\CCCCC)OC(=O)CCCCCC/C=C\C/C=C\C/C=C\C/C=C\CC. The molecule has 0 rings (SSSR count). The maximum Gasteiger partial charge on any atom is 0.306 e. The second-order valence-electron chi connectivity index (χ2n) is 19.8. The predicted octanol–water partition coefficient (Wildman–Crippen LogP) is 21.0. The maximum absolute atomic E-state index is 12.9. The molecule has 6 nitrogen and oxygen atoms in total. The minimum absolute atomic E-state index is 0.0997. The van der Waals surface area contributed by atoms with Crippen LogP contribution in [-0.4, -0.2) is 37.2 Å². The zero-order chi connectivity index (χ0) is 54.3. The van der Waals surface area contributed by atoms with Crippen molar-refractivity contribution in [2.75, 3.05) is 13.2 Å². The first-order chi connectivity index (χ1) is 37.0. The molecule has 6 heteroatoms. The van der Waals surface area contributed by atoms with Crippen LogP contribution in [0.4, 0.5) is 0 Å². The smallest absolute Gasteiger partial charge is 0.306 e. The standard InChI is InChI=1S/C69H112O6/c1-4-7-10-13-16-19-22-25-28-31-32-33-34-35-36-39-41-44-47-50-53-56-59-62-68(71)74-65-66(75-69(72)63-60-57-54-51-48-45-42-38-30-27-24-21-18-15-12-9-6-3)64-73-67(70)61-58-55-52-49-46-43-40-37-29-26-23-20-17-14-11-8-5-2/h7,9-10,12,16-21,25-30,32-33,35-36,42,45,66H,4-6,8,11,13-15,22-24,31,34,37-41,43-44,46-65H2,1-3H3/b10-7-,12-9-,19-16-,20-17-,21-18-,28-25-,29-26-,30-27-,33-32-,36-35-,45-42-. The predicted molar refractivity (Wildman–Crippen MR) is 325 cm³/mol. The van der Waals surface area contributed by atoms with E-state index < -0.39 is 6.10 Å². The van der Waals surface area contributed by atoms with Crippen LogP contribution in [-0.2, 0) is 28.6 Å². The summed E-state index contributed by atoms with van der Waals surface area (Å²) in [5.74, 6) is -0.942. The minimum Gasteiger partial charge on any atom is -0.462 e. The number of esters is 3. The van der Waals surface area contributed by atoms with Crippen LogP contribution < -0.4 is 0 Å². The van der Waals surface area contributed by atoms with Crippen LogP contribution in [0.2, 0.25) is 0 Å². The van der Waals surface area contributed by atoms with Crippen molar-refractivity contribution in [1.82, 2.24) is 0 Å².